The zero-order chi connectivity index (χ0) is 19.1. The Balaban J connectivity index is 1.79. The molecular weight excluding hydrogens is 376 g/mol. The van der Waals surface area contributed by atoms with Gasteiger partial charge in [-0.2, -0.15) is 5.26 Å². The van der Waals surface area contributed by atoms with Gasteiger partial charge in [0.25, 0.3) is 0 Å². The number of hydrogen-bond donors (Lipinski definition) is 3. The van der Waals surface area contributed by atoms with Gasteiger partial charge in [0.1, 0.15) is 18.0 Å². The van der Waals surface area contributed by atoms with E-state index in [0.717, 1.165) is 21.2 Å². The summed E-state index contributed by atoms with van der Waals surface area (Å²) in [5.41, 5.74) is 2.47. The van der Waals surface area contributed by atoms with Crippen LogP contribution in [0.25, 0.3) is 0 Å². The Kier molecular flexibility index (Phi) is 6.54. The van der Waals surface area contributed by atoms with Crippen LogP contribution in [-0.4, -0.2) is 23.3 Å². The standard InChI is InChI=1S/C19H18N6S2/c1-21-27-15-7-8-17(26-2)16(9-15)25-19-10-18(22-12-23-19)24-14-5-3-13(11-20)4-6-14/h3-10,12,21H,1-2H3,(H2,22,23,24,25). The van der Waals surface area contributed by atoms with Crippen molar-refractivity contribution in [1.82, 2.24) is 14.7 Å². The predicted octanol–water partition coefficient (Wildman–Crippen LogP) is 4.78. The van der Waals surface area contributed by atoms with E-state index in [0.29, 0.717) is 17.2 Å². The van der Waals surface area contributed by atoms with Gasteiger partial charge in [0.05, 0.1) is 17.3 Å². The van der Waals surface area contributed by atoms with Crippen molar-refractivity contribution in [2.45, 2.75) is 9.79 Å². The fourth-order valence-corrected chi connectivity index (χ4v) is 3.46. The number of rotatable bonds is 7. The Morgan fingerprint density at radius 2 is 1.70 bits per heavy atom. The minimum Gasteiger partial charge on any atom is -0.340 e. The third-order valence-corrected chi connectivity index (χ3v) is 5.10. The van der Waals surface area contributed by atoms with E-state index in [-0.39, 0.29) is 0 Å². The summed E-state index contributed by atoms with van der Waals surface area (Å²) in [4.78, 5) is 10.8. The second-order valence-corrected chi connectivity index (χ2v) is 7.33. The van der Waals surface area contributed by atoms with Crippen molar-refractivity contribution in [1.29, 1.82) is 5.26 Å². The van der Waals surface area contributed by atoms with Gasteiger partial charge in [-0.05, 0) is 67.7 Å². The lowest BCUT2D eigenvalue weighted by molar-refractivity contribution is 1.16. The lowest BCUT2D eigenvalue weighted by Crippen LogP contribution is -2.00. The molecule has 0 aliphatic heterocycles. The first kappa shape index (κ1) is 19.0. The fourth-order valence-electron chi connectivity index (χ4n) is 2.37. The zero-order valence-electron chi connectivity index (χ0n) is 14.9. The van der Waals surface area contributed by atoms with Crippen LogP contribution >= 0.6 is 23.7 Å². The van der Waals surface area contributed by atoms with Crippen LogP contribution in [0.5, 0.6) is 0 Å². The van der Waals surface area contributed by atoms with Crippen molar-refractivity contribution in [3.63, 3.8) is 0 Å². The van der Waals surface area contributed by atoms with Crippen LogP contribution < -0.4 is 15.4 Å². The molecule has 3 rings (SSSR count). The van der Waals surface area contributed by atoms with Crippen molar-refractivity contribution < 1.29 is 0 Å². The Morgan fingerprint density at radius 3 is 2.37 bits per heavy atom. The van der Waals surface area contributed by atoms with Gasteiger partial charge in [0.15, 0.2) is 0 Å². The summed E-state index contributed by atoms with van der Waals surface area (Å²) in [6.07, 6.45) is 3.56. The average molecular weight is 395 g/mol. The number of nitrogens with zero attached hydrogens (tertiary/aromatic N) is 3. The van der Waals surface area contributed by atoms with Gasteiger partial charge in [0, 0.05) is 21.5 Å². The smallest absolute Gasteiger partial charge is 0.135 e. The SMILES string of the molecule is CNSc1ccc(SC)c(Nc2cc(Nc3ccc(C#N)cc3)ncn2)c1. The molecule has 3 N–H and O–H groups in total. The minimum atomic E-state index is 0.620. The van der Waals surface area contributed by atoms with Crippen LogP contribution in [0.4, 0.5) is 23.0 Å². The summed E-state index contributed by atoms with van der Waals surface area (Å²) in [6.45, 7) is 0. The summed E-state index contributed by atoms with van der Waals surface area (Å²) in [5, 5.41) is 15.5. The highest BCUT2D eigenvalue weighted by Gasteiger charge is 2.06. The molecule has 3 aromatic rings. The molecule has 0 unspecified atom stereocenters. The van der Waals surface area contributed by atoms with E-state index in [1.165, 1.54) is 6.33 Å². The topological polar surface area (TPSA) is 85.7 Å². The number of nitrogens with one attached hydrogen (secondary N) is 3. The first-order chi connectivity index (χ1) is 13.2. The van der Waals surface area contributed by atoms with Crippen LogP contribution in [0.15, 0.2) is 64.6 Å². The summed E-state index contributed by atoms with van der Waals surface area (Å²) in [6, 6.07) is 17.4. The van der Waals surface area contributed by atoms with E-state index in [9.17, 15) is 0 Å². The van der Waals surface area contributed by atoms with Gasteiger partial charge < -0.3 is 10.6 Å². The maximum atomic E-state index is 8.88. The van der Waals surface area contributed by atoms with E-state index in [4.69, 9.17) is 5.26 Å². The van der Waals surface area contributed by atoms with E-state index in [2.05, 4.69) is 49.6 Å². The van der Waals surface area contributed by atoms with Gasteiger partial charge in [0.2, 0.25) is 0 Å². The normalized spacial score (nSPS) is 10.3. The highest BCUT2D eigenvalue weighted by Crippen LogP contribution is 2.31. The van der Waals surface area contributed by atoms with E-state index in [1.54, 1.807) is 35.8 Å². The molecule has 0 aliphatic carbocycles. The quantitative estimate of drug-likeness (QED) is 0.390. The minimum absolute atomic E-state index is 0.620. The van der Waals surface area contributed by atoms with Gasteiger partial charge in [-0.25, -0.2) is 9.97 Å². The molecule has 0 amide bonds. The first-order valence-corrected chi connectivity index (χ1v) is 10.1. The molecule has 1 heterocycles. The van der Waals surface area contributed by atoms with Crippen LogP contribution in [-0.2, 0) is 0 Å². The predicted molar refractivity (Wildman–Crippen MR) is 113 cm³/mol. The molecule has 8 heteroatoms. The molecule has 0 spiro atoms. The third kappa shape index (κ3) is 5.14. The molecule has 27 heavy (non-hydrogen) atoms. The van der Waals surface area contributed by atoms with Gasteiger partial charge in [-0.1, -0.05) is 0 Å². The Morgan fingerprint density at radius 1 is 0.963 bits per heavy atom. The van der Waals surface area contributed by atoms with Crippen molar-refractivity contribution in [3.05, 3.63) is 60.4 Å². The number of anilines is 4. The van der Waals surface area contributed by atoms with Crippen molar-refractivity contribution in [2.24, 2.45) is 0 Å². The van der Waals surface area contributed by atoms with Crippen LogP contribution in [0.2, 0.25) is 0 Å². The summed E-state index contributed by atoms with van der Waals surface area (Å²) in [7, 11) is 1.89. The molecule has 0 saturated carbocycles. The average Bonchev–Trinajstić information content (AvgIpc) is 2.69. The summed E-state index contributed by atoms with van der Waals surface area (Å²) < 4.78 is 3.08. The Hall–Kier alpha value is -2.73. The molecule has 1 aromatic heterocycles. The third-order valence-electron chi connectivity index (χ3n) is 3.61. The maximum absolute atomic E-state index is 8.88. The highest BCUT2D eigenvalue weighted by molar-refractivity contribution is 7.98. The molecule has 0 aliphatic rings. The van der Waals surface area contributed by atoms with E-state index >= 15 is 0 Å². The van der Waals surface area contributed by atoms with Crippen molar-refractivity contribution in [3.8, 4) is 6.07 Å². The molecule has 0 bridgehead atoms. The second-order valence-electron chi connectivity index (χ2n) is 5.40. The number of nitriles is 1. The molecule has 0 fully saturated rings. The monoisotopic (exact) mass is 394 g/mol. The van der Waals surface area contributed by atoms with Crippen LogP contribution in [0, 0.1) is 11.3 Å². The van der Waals surface area contributed by atoms with E-state index < -0.39 is 0 Å². The highest BCUT2D eigenvalue weighted by atomic mass is 32.2. The largest absolute Gasteiger partial charge is 0.340 e. The number of aromatic nitrogens is 2. The second kappa shape index (κ2) is 9.28. The molecular formula is C19H18N6S2. The summed E-state index contributed by atoms with van der Waals surface area (Å²) >= 11 is 3.23. The Labute approximate surface area is 167 Å². The van der Waals surface area contributed by atoms with Crippen molar-refractivity contribution in [2.75, 3.05) is 23.9 Å². The summed E-state index contributed by atoms with van der Waals surface area (Å²) in [5.74, 6) is 1.37. The molecule has 2 aromatic carbocycles. The molecule has 0 radical (unpaired) electrons. The lowest BCUT2D eigenvalue weighted by atomic mass is 10.2. The molecule has 6 nitrogen and oxygen atoms in total. The fraction of sp³-hybridized carbons (Fsp3) is 0.105. The number of benzene rings is 2. The van der Waals surface area contributed by atoms with Crippen LogP contribution in [0.1, 0.15) is 5.56 Å². The van der Waals surface area contributed by atoms with Crippen molar-refractivity contribution >= 4 is 46.7 Å². The first-order valence-electron chi connectivity index (χ1n) is 8.09. The number of hydrogen-bond acceptors (Lipinski definition) is 8. The lowest BCUT2D eigenvalue weighted by Gasteiger charge is -2.13. The molecule has 0 atom stereocenters. The van der Waals surface area contributed by atoms with E-state index in [1.807, 2.05) is 31.5 Å². The maximum Gasteiger partial charge on any atom is 0.135 e. The van der Waals surface area contributed by atoms with Gasteiger partial charge >= 0.3 is 0 Å². The molecule has 136 valence electrons. The van der Waals surface area contributed by atoms with Crippen LogP contribution in [0.3, 0.4) is 0 Å². The number of thioether (sulfide) groups is 1. The zero-order valence-corrected chi connectivity index (χ0v) is 16.5. The van der Waals surface area contributed by atoms with Gasteiger partial charge in [-0.15, -0.1) is 11.8 Å². The molecule has 0 saturated heterocycles. The van der Waals surface area contributed by atoms with Gasteiger partial charge in [-0.3, -0.25) is 4.72 Å². The Bertz CT molecular complexity index is 953.